The summed E-state index contributed by atoms with van der Waals surface area (Å²) in [7, 11) is 4.81. The van der Waals surface area contributed by atoms with Crippen molar-refractivity contribution >= 4 is 29.1 Å². The molecule has 13 heteroatoms. The number of anilines is 3. The molecule has 13 nitrogen and oxygen atoms in total. The SMILES string of the molecule is CNC(=O)c1nnc(N2CCN(C(CO)C(C)C)C2=O)cc1Nc1cccc(-c2ncn(C)n2)c1OC. The van der Waals surface area contributed by atoms with Gasteiger partial charge >= 0.3 is 6.03 Å². The number of nitrogens with one attached hydrogen (secondary N) is 2. The second-order valence-corrected chi connectivity index (χ2v) is 8.92. The molecule has 0 radical (unpaired) electrons. The topological polar surface area (TPSA) is 151 Å². The molecular weight excluding hydrogens is 478 g/mol. The fourth-order valence-corrected chi connectivity index (χ4v) is 4.28. The van der Waals surface area contributed by atoms with Gasteiger partial charge in [-0.3, -0.25) is 14.4 Å². The summed E-state index contributed by atoms with van der Waals surface area (Å²) in [6, 6.07) is 6.46. The summed E-state index contributed by atoms with van der Waals surface area (Å²) < 4.78 is 7.27. The van der Waals surface area contributed by atoms with Crippen LogP contribution in [0.3, 0.4) is 0 Å². The Morgan fingerprint density at radius 2 is 2.00 bits per heavy atom. The van der Waals surface area contributed by atoms with Crippen LogP contribution in [-0.4, -0.2) is 86.8 Å². The third-order valence-corrected chi connectivity index (χ3v) is 6.23. The van der Waals surface area contributed by atoms with E-state index in [0.29, 0.717) is 41.6 Å². The molecule has 1 saturated heterocycles. The van der Waals surface area contributed by atoms with Gasteiger partial charge in [0.2, 0.25) is 0 Å². The number of methoxy groups -OCH3 is 1. The van der Waals surface area contributed by atoms with E-state index in [2.05, 4.69) is 30.9 Å². The fraction of sp³-hybridized carbons (Fsp3) is 0.417. The van der Waals surface area contributed by atoms with Crippen molar-refractivity contribution in [3.05, 3.63) is 36.3 Å². The highest BCUT2D eigenvalue weighted by atomic mass is 16.5. The Hall–Kier alpha value is -4.26. The molecule has 196 valence electrons. The predicted molar refractivity (Wildman–Crippen MR) is 137 cm³/mol. The Labute approximate surface area is 214 Å². The van der Waals surface area contributed by atoms with Crippen molar-refractivity contribution in [3.63, 3.8) is 0 Å². The van der Waals surface area contributed by atoms with E-state index in [9.17, 15) is 14.7 Å². The zero-order chi connectivity index (χ0) is 26.7. The molecule has 3 aromatic rings. The molecule has 3 heterocycles. The van der Waals surface area contributed by atoms with Gasteiger partial charge in [-0.05, 0) is 18.1 Å². The van der Waals surface area contributed by atoms with E-state index in [4.69, 9.17) is 4.74 Å². The number of urea groups is 1. The number of carbonyl (C=O) groups excluding carboxylic acids is 2. The molecule has 4 rings (SSSR count). The molecule has 1 aliphatic rings. The van der Waals surface area contributed by atoms with E-state index < -0.39 is 5.91 Å². The lowest BCUT2D eigenvalue weighted by atomic mass is 10.0. The lowest BCUT2D eigenvalue weighted by molar-refractivity contribution is 0.0958. The van der Waals surface area contributed by atoms with Crippen molar-refractivity contribution < 1.29 is 19.4 Å². The first-order valence-electron chi connectivity index (χ1n) is 11.9. The van der Waals surface area contributed by atoms with Crippen LogP contribution in [0.2, 0.25) is 0 Å². The van der Waals surface area contributed by atoms with Crippen LogP contribution in [0.15, 0.2) is 30.6 Å². The standard InChI is InChI=1S/C24H31N9O4/c1-14(2)18(12-34)32-9-10-33(24(32)36)19-11-17(20(29-28-19)23(35)25-3)27-16-8-6-7-15(21(16)37-5)22-26-13-31(4)30-22/h6-8,11,13-14,18,34H,9-10,12H2,1-5H3,(H,25,35)(H,27,28). The van der Waals surface area contributed by atoms with Gasteiger partial charge in [-0.25, -0.2) is 9.78 Å². The summed E-state index contributed by atoms with van der Waals surface area (Å²) in [5.41, 5.74) is 1.59. The lowest BCUT2D eigenvalue weighted by Crippen LogP contribution is -2.44. The Bertz CT molecular complexity index is 1290. The molecule has 1 unspecified atom stereocenters. The molecule has 1 atom stereocenters. The molecule has 3 N–H and O–H groups in total. The minimum Gasteiger partial charge on any atom is -0.494 e. The van der Waals surface area contributed by atoms with E-state index in [0.717, 1.165) is 0 Å². The second-order valence-electron chi connectivity index (χ2n) is 8.92. The first-order chi connectivity index (χ1) is 17.8. The minimum absolute atomic E-state index is 0.0496. The van der Waals surface area contributed by atoms with Crippen molar-refractivity contribution in [3.8, 4) is 17.1 Å². The highest BCUT2D eigenvalue weighted by Crippen LogP contribution is 2.37. The van der Waals surface area contributed by atoms with Crippen molar-refractivity contribution in [2.75, 3.05) is 44.1 Å². The van der Waals surface area contributed by atoms with Gasteiger partial charge in [-0.1, -0.05) is 19.9 Å². The van der Waals surface area contributed by atoms with E-state index in [-0.39, 0.29) is 36.1 Å². The first kappa shape index (κ1) is 25.8. The minimum atomic E-state index is -0.447. The average molecular weight is 510 g/mol. The van der Waals surface area contributed by atoms with Crippen LogP contribution in [0.4, 0.5) is 22.0 Å². The summed E-state index contributed by atoms with van der Waals surface area (Å²) in [4.78, 5) is 33.2. The average Bonchev–Trinajstić information content (AvgIpc) is 3.49. The smallest absolute Gasteiger partial charge is 0.326 e. The molecule has 3 amide bonds. The summed E-state index contributed by atoms with van der Waals surface area (Å²) in [5, 5.41) is 28.2. The molecular formula is C24H31N9O4. The lowest BCUT2D eigenvalue weighted by Gasteiger charge is -2.29. The maximum Gasteiger partial charge on any atom is 0.326 e. The van der Waals surface area contributed by atoms with E-state index in [1.54, 1.807) is 35.1 Å². The highest BCUT2D eigenvalue weighted by molar-refractivity contribution is 6.00. The van der Waals surface area contributed by atoms with Crippen molar-refractivity contribution in [1.82, 2.24) is 35.2 Å². The van der Waals surface area contributed by atoms with Gasteiger partial charge in [0.15, 0.2) is 23.1 Å². The van der Waals surface area contributed by atoms with Crippen LogP contribution in [0.25, 0.3) is 11.4 Å². The predicted octanol–water partition coefficient (Wildman–Crippen LogP) is 1.64. The third-order valence-electron chi connectivity index (χ3n) is 6.23. The number of benzene rings is 1. The number of aromatic nitrogens is 5. The fourth-order valence-electron chi connectivity index (χ4n) is 4.28. The Balaban J connectivity index is 1.71. The normalized spacial score (nSPS) is 14.3. The monoisotopic (exact) mass is 509 g/mol. The number of para-hydroxylation sites is 1. The Morgan fingerprint density at radius 3 is 2.62 bits per heavy atom. The molecule has 1 aliphatic heterocycles. The van der Waals surface area contributed by atoms with Gasteiger partial charge in [0.05, 0.1) is 36.7 Å². The summed E-state index contributed by atoms with van der Waals surface area (Å²) >= 11 is 0. The molecule has 1 fully saturated rings. The van der Waals surface area contributed by atoms with Crippen molar-refractivity contribution in [2.45, 2.75) is 19.9 Å². The Kier molecular flexibility index (Phi) is 7.53. The number of hydrogen-bond acceptors (Lipinski definition) is 9. The molecule has 0 spiro atoms. The zero-order valence-corrected chi connectivity index (χ0v) is 21.5. The summed E-state index contributed by atoms with van der Waals surface area (Å²) in [6.45, 7) is 4.60. The van der Waals surface area contributed by atoms with Gasteiger partial charge in [0.1, 0.15) is 6.33 Å². The van der Waals surface area contributed by atoms with Crippen LogP contribution >= 0.6 is 0 Å². The van der Waals surface area contributed by atoms with E-state index in [1.807, 2.05) is 26.0 Å². The largest absolute Gasteiger partial charge is 0.494 e. The van der Waals surface area contributed by atoms with Gasteiger partial charge in [0, 0.05) is 33.3 Å². The number of aliphatic hydroxyl groups is 1. The number of aryl methyl sites for hydroxylation is 1. The second kappa shape index (κ2) is 10.8. The summed E-state index contributed by atoms with van der Waals surface area (Å²) in [6.07, 6.45) is 1.59. The number of carbonyl (C=O) groups is 2. The number of ether oxygens (including phenoxy) is 1. The van der Waals surface area contributed by atoms with Gasteiger partial charge < -0.3 is 25.4 Å². The van der Waals surface area contributed by atoms with Crippen LogP contribution < -0.4 is 20.3 Å². The van der Waals surface area contributed by atoms with Gasteiger partial charge in [-0.2, -0.15) is 5.10 Å². The van der Waals surface area contributed by atoms with Crippen LogP contribution in [0.1, 0.15) is 24.3 Å². The number of aliphatic hydroxyl groups excluding tert-OH is 1. The number of amides is 3. The molecule has 0 aliphatic carbocycles. The van der Waals surface area contributed by atoms with Crippen LogP contribution in [0, 0.1) is 5.92 Å². The van der Waals surface area contributed by atoms with Crippen molar-refractivity contribution in [1.29, 1.82) is 0 Å². The van der Waals surface area contributed by atoms with Crippen LogP contribution in [0.5, 0.6) is 5.75 Å². The number of nitrogens with zero attached hydrogens (tertiary/aromatic N) is 7. The first-order valence-corrected chi connectivity index (χ1v) is 11.9. The molecule has 37 heavy (non-hydrogen) atoms. The molecule has 2 aromatic heterocycles. The Morgan fingerprint density at radius 1 is 1.22 bits per heavy atom. The number of hydrogen-bond donors (Lipinski definition) is 3. The highest BCUT2D eigenvalue weighted by Gasteiger charge is 2.36. The van der Waals surface area contributed by atoms with Crippen molar-refractivity contribution in [2.24, 2.45) is 13.0 Å². The maximum atomic E-state index is 13.2. The van der Waals surface area contributed by atoms with Crippen LogP contribution in [-0.2, 0) is 7.05 Å². The van der Waals surface area contributed by atoms with E-state index in [1.165, 1.54) is 19.1 Å². The van der Waals surface area contributed by atoms with Gasteiger partial charge in [-0.15, -0.1) is 10.2 Å². The molecule has 0 bridgehead atoms. The molecule has 0 saturated carbocycles. The molecule has 1 aromatic carbocycles. The maximum absolute atomic E-state index is 13.2. The summed E-state index contributed by atoms with van der Waals surface area (Å²) in [5.74, 6) is 0.874. The van der Waals surface area contributed by atoms with E-state index >= 15 is 0 Å². The quantitative estimate of drug-likeness (QED) is 0.391. The number of rotatable bonds is 9. The zero-order valence-electron chi connectivity index (χ0n) is 21.5. The van der Waals surface area contributed by atoms with Gasteiger partial charge in [0.25, 0.3) is 5.91 Å². The third kappa shape index (κ3) is 5.03.